The van der Waals surface area contributed by atoms with Crippen molar-refractivity contribution in [3.63, 3.8) is 0 Å². The van der Waals surface area contributed by atoms with Gasteiger partial charge in [0.05, 0.1) is 25.6 Å². The van der Waals surface area contributed by atoms with Crippen LogP contribution in [0.25, 0.3) is 0 Å². The number of nitrogens with zero attached hydrogens (tertiary/aromatic N) is 2. The average Bonchev–Trinajstić information content (AvgIpc) is 2.53. The van der Waals surface area contributed by atoms with Crippen LogP contribution < -0.4 is 17.0 Å². The lowest BCUT2D eigenvalue weighted by Gasteiger charge is -2.33. The second-order valence-electron chi connectivity index (χ2n) is 6.20. The molecule has 26 heavy (non-hydrogen) atoms. The second-order valence-corrected chi connectivity index (χ2v) is 6.20. The number of likely N-dealkylation sites (tertiary alicyclic amines) is 1. The van der Waals surface area contributed by atoms with Gasteiger partial charge in [0.25, 0.3) is 5.56 Å². The molecule has 0 amide bonds. The molecule has 1 aliphatic heterocycles. The molecule has 3 N–H and O–H groups in total. The Morgan fingerprint density at radius 2 is 2.08 bits per heavy atom. The molecule has 0 spiro atoms. The summed E-state index contributed by atoms with van der Waals surface area (Å²) in [5, 5.41) is 0. The van der Waals surface area contributed by atoms with Crippen LogP contribution in [0.2, 0.25) is 0 Å². The largest absolute Gasteiger partial charge is 0.393 e. The molecule has 1 aliphatic rings. The fourth-order valence-electron chi connectivity index (χ4n) is 3.01. The van der Waals surface area contributed by atoms with Gasteiger partial charge in [0.1, 0.15) is 11.4 Å². The number of rotatable bonds is 6. The van der Waals surface area contributed by atoms with Crippen molar-refractivity contribution in [2.24, 2.45) is 5.92 Å². The van der Waals surface area contributed by atoms with Gasteiger partial charge >= 0.3 is 11.9 Å². The molecule has 2 rings (SSSR count). The van der Waals surface area contributed by atoms with Crippen LogP contribution in [0.1, 0.15) is 23.2 Å². The first-order chi connectivity index (χ1) is 12.1. The molecule has 8 nitrogen and oxygen atoms in total. The molecule has 1 unspecified atom stereocenters. The molecule has 0 aliphatic carbocycles. The van der Waals surface area contributed by atoms with Crippen molar-refractivity contribution >= 4 is 11.6 Å². The molecule has 1 saturated heterocycles. The first-order valence-corrected chi connectivity index (χ1v) is 8.09. The molecule has 146 valence electrons. The molecule has 1 aromatic heterocycles. The minimum atomic E-state index is -4.33. The Labute approximate surface area is 146 Å². The molecule has 1 atom stereocenters. The number of halogens is 3. The number of aromatic nitrogens is 2. The second kappa shape index (κ2) is 8.04. The first kappa shape index (κ1) is 20.2. The van der Waals surface area contributed by atoms with E-state index < -0.39 is 34.7 Å². The number of carbonyl (C=O) groups is 1. The number of carbonyl (C=O) groups excluding carboxylic acids is 1. The number of ketones is 1. The van der Waals surface area contributed by atoms with Crippen molar-refractivity contribution in [2.75, 3.05) is 39.1 Å². The van der Waals surface area contributed by atoms with E-state index in [-0.39, 0.29) is 38.5 Å². The van der Waals surface area contributed by atoms with E-state index in [1.165, 1.54) is 12.0 Å². The summed E-state index contributed by atoms with van der Waals surface area (Å²) in [6, 6.07) is 0. The summed E-state index contributed by atoms with van der Waals surface area (Å²) < 4.78 is 44.5. The number of hydrogen-bond donors (Lipinski definition) is 2. The third-order valence-corrected chi connectivity index (χ3v) is 4.37. The van der Waals surface area contributed by atoms with Gasteiger partial charge in [0.15, 0.2) is 5.78 Å². The number of methoxy groups -OCH3 is 1. The Morgan fingerprint density at radius 3 is 2.69 bits per heavy atom. The van der Waals surface area contributed by atoms with Crippen LogP contribution in [0.4, 0.5) is 19.0 Å². The van der Waals surface area contributed by atoms with E-state index in [9.17, 15) is 27.6 Å². The highest BCUT2D eigenvalue weighted by molar-refractivity contribution is 6.01. The topological polar surface area (TPSA) is 110 Å². The van der Waals surface area contributed by atoms with E-state index in [2.05, 4.69) is 0 Å². The van der Waals surface area contributed by atoms with Crippen molar-refractivity contribution in [2.45, 2.75) is 25.6 Å². The number of alkyl halides is 3. The Morgan fingerprint density at radius 1 is 1.38 bits per heavy atom. The number of nitrogen functional groups attached to an aromatic ring is 1. The van der Waals surface area contributed by atoms with Crippen molar-refractivity contribution in [3.8, 4) is 0 Å². The molecule has 0 radical (unpaired) electrons. The Kier molecular flexibility index (Phi) is 6.24. The normalized spacial score (nSPS) is 18.8. The van der Waals surface area contributed by atoms with Crippen LogP contribution in [-0.4, -0.2) is 59.8 Å². The summed E-state index contributed by atoms with van der Waals surface area (Å²) in [7, 11) is 1.41. The van der Waals surface area contributed by atoms with Gasteiger partial charge < -0.3 is 10.5 Å². The summed E-state index contributed by atoms with van der Waals surface area (Å²) in [6.07, 6.45) is -4.01. The average molecular weight is 378 g/mol. The highest BCUT2D eigenvalue weighted by Gasteiger charge is 2.42. The maximum absolute atomic E-state index is 12.9. The highest BCUT2D eigenvalue weighted by atomic mass is 19.4. The predicted octanol–water partition coefficient (Wildman–Crippen LogP) is 0.222. The SMILES string of the molecule is COCCn1c(N)c(C(=O)CN2CCCC(C(F)(F)F)C2)c(=O)[nH]c1=O. The Balaban J connectivity index is 2.22. The van der Waals surface area contributed by atoms with Crippen molar-refractivity contribution in [3.05, 3.63) is 26.4 Å². The van der Waals surface area contributed by atoms with Crippen LogP contribution in [0.15, 0.2) is 9.59 Å². The van der Waals surface area contributed by atoms with E-state index in [0.717, 1.165) is 4.57 Å². The predicted molar refractivity (Wildman–Crippen MR) is 87.2 cm³/mol. The molecular weight excluding hydrogens is 357 g/mol. The molecule has 11 heteroatoms. The van der Waals surface area contributed by atoms with Crippen molar-refractivity contribution in [1.29, 1.82) is 0 Å². The quantitative estimate of drug-likeness (QED) is 0.686. The summed E-state index contributed by atoms with van der Waals surface area (Å²) in [5.41, 5.74) is 3.65. The number of hydrogen-bond acceptors (Lipinski definition) is 6. The van der Waals surface area contributed by atoms with Gasteiger partial charge in [-0.1, -0.05) is 0 Å². The zero-order valence-corrected chi connectivity index (χ0v) is 14.3. The number of aromatic amines is 1. The molecule has 1 aromatic rings. The molecule has 2 heterocycles. The van der Waals surface area contributed by atoms with Crippen LogP contribution in [-0.2, 0) is 11.3 Å². The van der Waals surface area contributed by atoms with Gasteiger partial charge in [-0.15, -0.1) is 0 Å². The Bertz CT molecular complexity index is 772. The third-order valence-electron chi connectivity index (χ3n) is 4.37. The number of anilines is 1. The van der Waals surface area contributed by atoms with Crippen molar-refractivity contribution in [1.82, 2.24) is 14.5 Å². The minimum Gasteiger partial charge on any atom is -0.384 e. The van der Waals surface area contributed by atoms with Crippen LogP contribution in [0, 0.1) is 5.92 Å². The lowest BCUT2D eigenvalue weighted by atomic mass is 9.97. The van der Waals surface area contributed by atoms with Crippen LogP contribution >= 0.6 is 0 Å². The van der Waals surface area contributed by atoms with Gasteiger partial charge in [-0.2, -0.15) is 13.2 Å². The van der Waals surface area contributed by atoms with Gasteiger partial charge in [-0.25, -0.2) is 4.79 Å². The van der Waals surface area contributed by atoms with E-state index in [0.29, 0.717) is 13.0 Å². The molecule has 0 bridgehead atoms. The van der Waals surface area contributed by atoms with Gasteiger partial charge in [-0.05, 0) is 19.4 Å². The van der Waals surface area contributed by atoms with Gasteiger partial charge in [-0.3, -0.25) is 24.0 Å². The van der Waals surface area contributed by atoms with E-state index in [1.54, 1.807) is 0 Å². The van der Waals surface area contributed by atoms with E-state index in [4.69, 9.17) is 10.5 Å². The van der Waals surface area contributed by atoms with Crippen molar-refractivity contribution < 1.29 is 22.7 Å². The zero-order chi connectivity index (χ0) is 19.5. The standard InChI is InChI=1S/C15H21F3N4O4/c1-26-6-5-22-12(19)11(13(24)20-14(22)25)10(23)8-21-4-2-3-9(7-21)15(16,17)18/h9H,2-8,19H2,1H3,(H,20,24,25). The molecular formula is C15H21F3N4O4. The van der Waals surface area contributed by atoms with E-state index >= 15 is 0 Å². The zero-order valence-electron chi connectivity index (χ0n) is 14.3. The summed E-state index contributed by atoms with van der Waals surface area (Å²) >= 11 is 0. The summed E-state index contributed by atoms with van der Waals surface area (Å²) in [6.45, 7) is -0.209. The number of H-pyrrole nitrogens is 1. The van der Waals surface area contributed by atoms with Gasteiger partial charge in [0.2, 0.25) is 0 Å². The number of piperidine rings is 1. The summed E-state index contributed by atoms with van der Waals surface area (Å²) in [5.74, 6) is -2.54. The summed E-state index contributed by atoms with van der Waals surface area (Å²) in [4.78, 5) is 39.6. The van der Waals surface area contributed by atoms with E-state index in [1.807, 2.05) is 4.98 Å². The lowest BCUT2D eigenvalue weighted by Crippen LogP contribution is -2.45. The first-order valence-electron chi connectivity index (χ1n) is 8.09. The van der Waals surface area contributed by atoms with Crippen LogP contribution in [0.5, 0.6) is 0 Å². The fraction of sp³-hybridized carbons (Fsp3) is 0.667. The molecule has 0 aromatic carbocycles. The molecule has 0 saturated carbocycles. The number of ether oxygens (including phenoxy) is 1. The minimum absolute atomic E-state index is 0.0127. The van der Waals surface area contributed by atoms with Crippen LogP contribution in [0.3, 0.4) is 0 Å². The van der Waals surface area contributed by atoms with Gasteiger partial charge in [0, 0.05) is 13.7 Å². The molecule has 1 fully saturated rings. The fourth-order valence-corrected chi connectivity index (χ4v) is 3.01. The third kappa shape index (κ3) is 4.52. The Hall–Kier alpha value is -2.14. The monoisotopic (exact) mass is 378 g/mol. The maximum Gasteiger partial charge on any atom is 0.393 e. The highest BCUT2D eigenvalue weighted by Crippen LogP contribution is 2.33. The smallest absolute Gasteiger partial charge is 0.384 e. The maximum atomic E-state index is 12.9. The number of nitrogens with one attached hydrogen (secondary N) is 1. The lowest BCUT2D eigenvalue weighted by molar-refractivity contribution is -0.186. The number of Topliss-reactive ketones (excluding diaryl/α,β-unsaturated/α-hetero) is 1. The number of nitrogens with two attached hydrogens (primary N) is 1.